The second-order valence-electron chi connectivity index (χ2n) is 5.27. The summed E-state index contributed by atoms with van der Waals surface area (Å²) in [7, 11) is 0. The Hall–Kier alpha value is -1.32. The molecule has 2 heterocycles. The Bertz CT molecular complexity index is 381. The Morgan fingerprint density at radius 3 is 2.53 bits per heavy atom. The molecule has 2 N–H and O–H groups in total. The second-order valence-corrected chi connectivity index (χ2v) is 5.27. The van der Waals surface area contributed by atoms with Crippen molar-refractivity contribution in [3.63, 3.8) is 0 Å². The summed E-state index contributed by atoms with van der Waals surface area (Å²) in [6, 6.07) is 1.89. The van der Waals surface area contributed by atoms with Gasteiger partial charge in [0.1, 0.15) is 17.5 Å². The monoisotopic (exact) mass is 234 g/mol. The zero-order valence-electron chi connectivity index (χ0n) is 11.0. The van der Waals surface area contributed by atoms with Crippen molar-refractivity contribution in [2.45, 2.75) is 33.6 Å². The Balaban J connectivity index is 2.23. The standard InChI is InChI=1S/C13H22N4/c1-4-12-15-11(14)6-13(16-12)17-7-9(2)5-10(3)8-17/h6,9-10H,4-5,7-8H2,1-3H3,(H2,14,15,16). The average molecular weight is 234 g/mol. The molecule has 0 aliphatic carbocycles. The Morgan fingerprint density at radius 2 is 1.94 bits per heavy atom. The maximum Gasteiger partial charge on any atom is 0.134 e. The predicted molar refractivity (Wildman–Crippen MR) is 71.0 cm³/mol. The van der Waals surface area contributed by atoms with E-state index >= 15 is 0 Å². The first kappa shape index (κ1) is 12.1. The first-order valence-electron chi connectivity index (χ1n) is 6.46. The number of hydrogen-bond donors (Lipinski definition) is 1. The van der Waals surface area contributed by atoms with Gasteiger partial charge in [0.15, 0.2) is 0 Å². The van der Waals surface area contributed by atoms with Crippen LogP contribution in [0.3, 0.4) is 0 Å². The van der Waals surface area contributed by atoms with Gasteiger partial charge >= 0.3 is 0 Å². The largest absolute Gasteiger partial charge is 0.384 e. The highest BCUT2D eigenvalue weighted by Crippen LogP contribution is 2.25. The van der Waals surface area contributed by atoms with Gasteiger partial charge in [-0.3, -0.25) is 0 Å². The van der Waals surface area contributed by atoms with Crippen LogP contribution in [0.15, 0.2) is 6.07 Å². The van der Waals surface area contributed by atoms with Crippen LogP contribution in [0.4, 0.5) is 11.6 Å². The van der Waals surface area contributed by atoms with Crippen LogP contribution in [-0.4, -0.2) is 23.1 Å². The van der Waals surface area contributed by atoms with E-state index in [-0.39, 0.29) is 0 Å². The molecule has 1 aromatic rings. The molecule has 0 spiro atoms. The minimum absolute atomic E-state index is 0.581. The molecule has 1 aliphatic rings. The van der Waals surface area contributed by atoms with E-state index in [9.17, 15) is 0 Å². The normalized spacial score (nSPS) is 25.0. The van der Waals surface area contributed by atoms with Gasteiger partial charge in [-0.25, -0.2) is 9.97 Å². The van der Waals surface area contributed by atoms with Crippen LogP contribution in [0.1, 0.15) is 33.0 Å². The molecular weight excluding hydrogens is 212 g/mol. The van der Waals surface area contributed by atoms with Gasteiger partial charge in [0.2, 0.25) is 0 Å². The molecule has 0 radical (unpaired) electrons. The number of aromatic nitrogens is 2. The number of anilines is 2. The van der Waals surface area contributed by atoms with Crippen molar-refractivity contribution < 1.29 is 0 Å². The smallest absolute Gasteiger partial charge is 0.134 e. The van der Waals surface area contributed by atoms with Crippen LogP contribution in [0.5, 0.6) is 0 Å². The minimum Gasteiger partial charge on any atom is -0.384 e. The number of aryl methyl sites for hydroxylation is 1. The third kappa shape index (κ3) is 2.87. The molecule has 0 aromatic carbocycles. The quantitative estimate of drug-likeness (QED) is 0.851. The van der Waals surface area contributed by atoms with Crippen molar-refractivity contribution in [1.29, 1.82) is 0 Å². The van der Waals surface area contributed by atoms with E-state index in [0.717, 1.165) is 43.0 Å². The van der Waals surface area contributed by atoms with Gasteiger partial charge in [-0.15, -0.1) is 0 Å². The van der Waals surface area contributed by atoms with Gasteiger partial charge in [0.05, 0.1) is 0 Å². The maximum absolute atomic E-state index is 5.83. The van der Waals surface area contributed by atoms with Gasteiger partial charge in [-0.05, 0) is 18.3 Å². The SMILES string of the molecule is CCc1nc(N)cc(N2CC(C)CC(C)C2)n1. The molecule has 1 aromatic heterocycles. The first-order chi connectivity index (χ1) is 8.08. The Morgan fingerprint density at radius 1 is 1.29 bits per heavy atom. The summed E-state index contributed by atoms with van der Waals surface area (Å²) in [4.78, 5) is 11.1. The van der Waals surface area contributed by atoms with Crippen molar-refractivity contribution in [3.05, 3.63) is 11.9 Å². The number of nitrogens with two attached hydrogens (primary N) is 1. The van der Waals surface area contributed by atoms with E-state index in [0.29, 0.717) is 5.82 Å². The van der Waals surface area contributed by atoms with Crippen LogP contribution in [0.2, 0.25) is 0 Å². The molecule has 0 saturated carbocycles. The molecular formula is C13H22N4. The zero-order chi connectivity index (χ0) is 12.4. The number of hydrogen-bond acceptors (Lipinski definition) is 4. The Kier molecular flexibility index (Phi) is 3.50. The predicted octanol–water partition coefficient (Wildman–Crippen LogP) is 2.10. The molecule has 17 heavy (non-hydrogen) atoms. The highest BCUT2D eigenvalue weighted by molar-refractivity contribution is 5.47. The topological polar surface area (TPSA) is 55.0 Å². The fraction of sp³-hybridized carbons (Fsp3) is 0.692. The lowest BCUT2D eigenvalue weighted by molar-refractivity contribution is 0.355. The molecule has 1 aliphatic heterocycles. The lowest BCUT2D eigenvalue weighted by atomic mass is 9.92. The van der Waals surface area contributed by atoms with Crippen molar-refractivity contribution in [1.82, 2.24) is 9.97 Å². The third-order valence-electron chi connectivity index (χ3n) is 3.29. The first-order valence-corrected chi connectivity index (χ1v) is 6.46. The van der Waals surface area contributed by atoms with Crippen molar-refractivity contribution in [2.75, 3.05) is 23.7 Å². The molecule has 1 fully saturated rings. The van der Waals surface area contributed by atoms with Gasteiger partial charge in [0.25, 0.3) is 0 Å². The second kappa shape index (κ2) is 4.90. The molecule has 4 heteroatoms. The summed E-state index contributed by atoms with van der Waals surface area (Å²) >= 11 is 0. The van der Waals surface area contributed by atoms with Gasteiger partial charge in [-0.2, -0.15) is 0 Å². The van der Waals surface area contributed by atoms with E-state index in [1.165, 1.54) is 6.42 Å². The maximum atomic E-state index is 5.83. The average Bonchev–Trinajstić information content (AvgIpc) is 2.26. The molecule has 2 unspecified atom stereocenters. The van der Waals surface area contributed by atoms with Crippen molar-refractivity contribution in [3.8, 4) is 0 Å². The molecule has 94 valence electrons. The van der Waals surface area contributed by atoms with Gasteiger partial charge in [0, 0.05) is 25.6 Å². The minimum atomic E-state index is 0.581. The fourth-order valence-electron chi connectivity index (χ4n) is 2.67. The van der Waals surface area contributed by atoms with Crippen LogP contribution < -0.4 is 10.6 Å². The number of piperidine rings is 1. The molecule has 4 nitrogen and oxygen atoms in total. The summed E-state index contributed by atoms with van der Waals surface area (Å²) in [6.45, 7) is 8.80. The van der Waals surface area contributed by atoms with Crippen LogP contribution >= 0.6 is 0 Å². The highest BCUT2D eigenvalue weighted by atomic mass is 15.2. The summed E-state index contributed by atoms with van der Waals surface area (Å²) < 4.78 is 0. The summed E-state index contributed by atoms with van der Waals surface area (Å²) in [6.07, 6.45) is 2.13. The Labute approximate surface area is 103 Å². The fourth-order valence-corrected chi connectivity index (χ4v) is 2.67. The third-order valence-corrected chi connectivity index (χ3v) is 3.29. The number of nitrogens with zero attached hydrogens (tertiary/aromatic N) is 3. The molecule has 1 saturated heterocycles. The van der Waals surface area contributed by atoms with Crippen molar-refractivity contribution >= 4 is 11.6 Å². The van der Waals surface area contributed by atoms with Crippen molar-refractivity contribution in [2.24, 2.45) is 11.8 Å². The van der Waals surface area contributed by atoms with E-state index in [1.807, 2.05) is 6.07 Å². The van der Waals surface area contributed by atoms with Gasteiger partial charge < -0.3 is 10.6 Å². The van der Waals surface area contributed by atoms with Crippen LogP contribution in [0, 0.1) is 11.8 Å². The molecule has 0 amide bonds. The lowest BCUT2D eigenvalue weighted by Gasteiger charge is -2.35. The molecule has 2 rings (SSSR count). The summed E-state index contributed by atoms with van der Waals surface area (Å²) in [5.41, 5.74) is 5.83. The lowest BCUT2D eigenvalue weighted by Crippen LogP contribution is -2.39. The molecule has 2 atom stereocenters. The van der Waals surface area contributed by atoms with Gasteiger partial charge in [-0.1, -0.05) is 20.8 Å². The van der Waals surface area contributed by atoms with Crippen LogP contribution in [0.25, 0.3) is 0 Å². The molecule has 0 bridgehead atoms. The highest BCUT2D eigenvalue weighted by Gasteiger charge is 2.23. The van der Waals surface area contributed by atoms with Crippen LogP contribution in [-0.2, 0) is 6.42 Å². The number of rotatable bonds is 2. The summed E-state index contributed by atoms with van der Waals surface area (Å²) in [5.74, 6) is 3.86. The summed E-state index contributed by atoms with van der Waals surface area (Å²) in [5, 5.41) is 0. The zero-order valence-corrected chi connectivity index (χ0v) is 11.0. The van der Waals surface area contributed by atoms with E-state index in [2.05, 4.69) is 35.6 Å². The van der Waals surface area contributed by atoms with E-state index in [1.54, 1.807) is 0 Å². The van der Waals surface area contributed by atoms with E-state index in [4.69, 9.17) is 5.73 Å². The van der Waals surface area contributed by atoms with E-state index < -0.39 is 0 Å². The number of nitrogen functional groups attached to an aromatic ring is 1.